The monoisotopic (exact) mass is 244 g/mol. The van der Waals surface area contributed by atoms with Crippen molar-refractivity contribution in [2.75, 3.05) is 27.2 Å². The first-order chi connectivity index (χ1) is 7.76. The molecule has 0 radical (unpaired) electrons. The Bertz CT molecular complexity index is 259. The highest BCUT2D eigenvalue weighted by Gasteiger charge is 2.14. The second kappa shape index (κ2) is 7.27. The fourth-order valence-electron chi connectivity index (χ4n) is 1.16. The van der Waals surface area contributed by atoms with E-state index in [1.165, 1.54) is 7.11 Å². The van der Waals surface area contributed by atoms with Crippen LogP contribution in [0.25, 0.3) is 0 Å². The second-order valence-electron chi connectivity index (χ2n) is 5.10. The normalized spacial score (nSPS) is 11.1. The fraction of sp³-hybridized carbons (Fsp3) is 0.833. The van der Waals surface area contributed by atoms with Gasteiger partial charge in [0.15, 0.2) is 0 Å². The van der Waals surface area contributed by atoms with Gasteiger partial charge >= 0.3 is 5.97 Å². The average Bonchev–Trinajstić information content (AvgIpc) is 2.24. The molecular formula is C12H24N2O3. The highest BCUT2D eigenvalue weighted by atomic mass is 16.5. The summed E-state index contributed by atoms with van der Waals surface area (Å²) in [7, 11) is 3.11. The molecule has 1 amide bonds. The third kappa shape index (κ3) is 8.68. The lowest BCUT2D eigenvalue weighted by Crippen LogP contribution is -2.44. The van der Waals surface area contributed by atoms with Crippen molar-refractivity contribution in [2.24, 2.45) is 0 Å². The molecule has 0 aliphatic rings. The Hall–Kier alpha value is -1.10. The largest absolute Gasteiger partial charge is 0.469 e. The maximum atomic E-state index is 11.7. The van der Waals surface area contributed by atoms with Crippen molar-refractivity contribution in [3.8, 4) is 0 Å². The molecule has 0 aliphatic carbocycles. The van der Waals surface area contributed by atoms with Crippen LogP contribution in [0.2, 0.25) is 0 Å². The molecule has 17 heavy (non-hydrogen) atoms. The Kier molecular flexibility index (Phi) is 6.80. The number of hydrogen-bond donors (Lipinski definition) is 1. The van der Waals surface area contributed by atoms with E-state index in [2.05, 4.69) is 10.1 Å². The predicted octanol–water partition coefficient (Wildman–Crippen LogP) is 0.786. The van der Waals surface area contributed by atoms with Gasteiger partial charge in [0.1, 0.15) is 0 Å². The van der Waals surface area contributed by atoms with E-state index in [0.717, 1.165) is 0 Å². The topological polar surface area (TPSA) is 58.6 Å². The summed E-state index contributed by atoms with van der Waals surface area (Å²) in [6, 6.07) is 0. The number of nitrogens with one attached hydrogen (secondary N) is 1. The van der Waals surface area contributed by atoms with Crippen LogP contribution in [0.3, 0.4) is 0 Å². The van der Waals surface area contributed by atoms with Gasteiger partial charge < -0.3 is 15.0 Å². The van der Waals surface area contributed by atoms with Crippen LogP contribution in [0, 0.1) is 0 Å². The lowest BCUT2D eigenvalue weighted by Gasteiger charge is -2.23. The van der Waals surface area contributed by atoms with Gasteiger partial charge in [-0.3, -0.25) is 9.59 Å². The number of methoxy groups -OCH3 is 1. The summed E-state index contributed by atoms with van der Waals surface area (Å²) in [4.78, 5) is 24.2. The molecular weight excluding hydrogens is 220 g/mol. The van der Waals surface area contributed by atoms with Gasteiger partial charge in [-0.15, -0.1) is 0 Å². The summed E-state index contributed by atoms with van der Waals surface area (Å²) >= 11 is 0. The second-order valence-corrected chi connectivity index (χ2v) is 5.10. The van der Waals surface area contributed by atoms with Crippen LogP contribution in [0.5, 0.6) is 0 Å². The van der Waals surface area contributed by atoms with Crippen molar-refractivity contribution in [3.63, 3.8) is 0 Å². The molecule has 0 aliphatic heterocycles. The quantitative estimate of drug-likeness (QED) is 0.702. The summed E-state index contributed by atoms with van der Waals surface area (Å²) in [6.07, 6.45) is 0.977. The molecule has 0 atom stereocenters. The van der Waals surface area contributed by atoms with E-state index >= 15 is 0 Å². The van der Waals surface area contributed by atoms with Crippen LogP contribution in [-0.4, -0.2) is 49.6 Å². The third-order valence-corrected chi connectivity index (χ3v) is 2.30. The van der Waals surface area contributed by atoms with Gasteiger partial charge in [-0.1, -0.05) is 0 Å². The molecule has 0 spiro atoms. The van der Waals surface area contributed by atoms with E-state index in [-0.39, 0.29) is 17.4 Å². The van der Waals surface area contributed by atoms with Gasteiger partial charge in [0, 0.05) is 25.6 Å². The van der Waals surface area contributed by atoms with Crippen LogP contribution >= 0.6 is 0 Å². The minimum atomic E-state index is -0.237. The molecule has 0 aromatic rings. The number of carbonyl (C=O) groups excluding carboxylic acids is 2. The zero-order valence-corrected chi connectivity index (χ0v) is 11.5. The summed E-state index contributed by atoms with van der Waals surface area (Å²) in [5.74, 6) is -0.205. The van der Waals surface area contributed by atoms with Crippen LogP contribution in [-0.2, 0) is 14.3 Å². The summed E-state index contributed by atoms with van der Waals surface area (Å²) < 4.78 is 4.53. The Morgan fingerprint density at radius 2 is 1.88 bits per heavy atom. The van der Waals surface area contributed by atoms with E-state index in [4.69, 9.17) is 0 Å². The molecule has 0 rings (SSSR count). The van der Waals surface area contributed by atoms with Crippen molar-refractivity contribution in [3.05, 3.63) is 0 Å². The summed E-state index contributed by atoms with van der Waals surface area (Å²) in [6.45, 7) is 6.92. The van der Waals surface area contributed by atoms with Crippen LogP contribution in [0.15, 0.2) is 0 Å². The number of esters is 1. The van der Waals surface area contributed by atoms with Gasteiger partial charge in [0.25, 0.3) is 0 Å². The van der Waals surface area contributed by atoms with Gasteiger partial charge in [0.05, 0.1) is 13.7 Å². The van der Waals surface area contributed by atoms with Crippen molar-refractivity contribution in [1.29, 1.82) is 0 Å². The molecule has 1 N–H and O–H groups in total. The number of ether oxygens (including phenoxy) is 1. The molecule has 0 heterocycles. The van der Waals surface area contributed by atoms with E-state index in [1.54, 1.807) is 11.9 Å². The fourth-order valence-corrected chi connectivity index (χ4v) is 1.16. The average molecular weight is 244 g/mol. The SMILES string of the molecule is COC(=O)CCCN(C)C(=O)CNC(C)(C)C. The lowest BCUT2D eigenvalue weighted by atomic mass is 10.1. The maximum Gasteiger partial charge on any atom is 0.305 e. The number of amides is 1. The highest BCUT2D eigenvalue weighted by Crippen LogP contribution is 1.99. The number of hydrogen-bond acceptors (Lipinski definition) is 4. The summed E-state index contributed by atoms with van der Waals surface area (Å²) in [5.41, 5.74) is -0.0669. The van der Waals surface area contributed by atoms with Crippen molar-refractivity contribution >= 4 is 11.9 Å². The molecule has 5 nitrogen and oxygen atoms in total. The molecule has 100 valence electrons. The highest BCUT2D eigenvalue weighted by molar-refractivity contribution is 5.78. The molecule has 0 aromatic carbocycles. The Morgan fingerprint density at radius 3 is 2.35 bits per heavy atom. The Balaban J connectivity index is 3.79. The zero-order valence-electron chi connectivity index (χ0n) is 11.5. The molecule has 5 heteroatoms. The first-order valence-corrected chi connectivity index (χ1v) is 5.82. The van der Waals surface area contributed by atoms with Crippen molar-refractivity contribution in [1.82, 2.24) is 10.2 Å². The maximum absolute atomic E-state index is 11.7. The van der Waals surface area contributed by atoms with E-state index < -0.39 is 0 Å². The number of likely N-dealkylation sites (N-methyl/N-ethyl adjacent to an activating group) is 1. The van der Waals surface area contributed by atoms with Crippen LogP contribution in [0.1, 0.15) is 33.6 Å². The smallest absolute Gasteiger partial charge is 0.305 e. The van der Waals surface area contributed by atoms with Crippen LogP contribution in [0.4, 0.5) is 0 Å². The number of nitrogens with zero attached hydrogens (tertiary/aromatic N) is 1. The first-order valence-electron chi connectivity index (χ1n) is 5.82. The predicted molar refractivity (Wildman–Crippen MR) is 66.6 cm³/mol. The van der Waals surface area contributed by atoms with Gasteiger partial charge in [0.2, 0.25) is 5.91 Å². The van der Waals surface area contributed by atoms with Gasteiger partial charge in [-0.05, 0) is 27.2 Å². The first kappa shape index (κ1) is 15.9. The number of rotatable bonds is 6. The van der Waals surface area contributed by atoms with E-state index in [9.17, 15) is 9.59 Å². The van der Waals surface area contributed by atoms with Crippen molar-refractivity contribution < 1.29 is 14.3 Å². The van der Waals surface area contributed by atoms with E-state index in [0.29, 0.717) is 25.9 Å². The standard InChI is InChI=1S/C12H24N2O3/c1-12(2,3)13-9-10(15)14(4)8-6-7-11(16)17-5/h13H,6-9H2,1-5H3. The zero-order chi connectivity index (χ0) is 13.5. The molecule has 0 saturated carbocycles. The van der Waals surface area contributed by atoms with Gasteiger partial charge in [-0.25, -0.2) is 0 Å². The van der Waals surface area contributed by atoms with Crippen LogP contribution < -0.4 is 5.32 Å². The molecule has 0 bridgehead atoms. The van der Waals surface area contributed by atoms with E-state index in [1.807, 2.05) is 20.8 Å². The molecule has 0 unspecified atom stereocenters. The molecule has 0 fully saturated rings. The Morgan fingerprint density at radius 1 is 1.29 bits per heavy atom. The minimum Gasteiger partial charge on any atom is -0.469 e. The number of carbonyl (C=O) groups is 2. The third-order valence-electron chi connectivity index (χ3n) is 2.30. The molecule has 0 aromatic heterocycles. The Labute approximate surface area is 103 Å². The summed E-state index contributed by atoms with van der Waals surface area (Å²) in [5, 5.41) is 3.13. The molecule has 0 saturated heterocycles. The minimum absolute atomic E-state index is 0.0322. The van der Waals surface area contributed by atoms with Gasteiger partial charge in [-0.2, -0.15) is 0 Å². The lowest BCUT2D eigenvalue weighted by molar-refractivity contribution is -0.141. The van der Waals surface area contributed by atoms with Crippen molar-refractivity contribution in [2.45, 2.75) is 39.2 Å².